The third kappa shape index (κ3) is 7.75. The van der Waals surface area contributed by atoms with Gasteiger partial charge in [0.25, 0.3) is 0 Å². The smallest absolute Gasteiger partial charge is 0.306 e. The van der Waals surface area contributed by atoms with Crippen LogP contribution in [0.2, 0.25) is 0 Å². The summed E-state index contributed by atoms with van der Waals surface area (Å²) in [6.07, 6.45) is 8.70. The SMILES string of the molecule is C/C=C/COCC(C)(C)c1cc(OS(C)(=O)=O)ccc1OC/C=C/C. The molecule has 0 saturated carbocycles. The van der Waals surface area contributed by atoms with Gasteiger partial charge < -0.3 is 13.7 Å². The van der Waals surface area contributed by atoms with Gasteiger partial charge >= 0.3 is 10.1 Å². The highest BCUT2D eigenvalue weighted by Gasteiger charge is 2.26. The van der Waals surface area contributed by atoms with Crippen molar-refractivity contribution in [1.29, 1.82) is 0 Å². The molecule has 0 bridgehead atoms. The lowest BCUT2D eigenvalue weighted by atomic mass is 9.84. The van der Waals surface area contributed by atoms with E-state index in [4.69, 9.17) is 13.7 Å². The van der Waals surface area contributed by atoms with Gasteiger partial charge in [0.05, 0.1) is 19.5 Å². The van der Waals surface area contributed by atoms with Crippen LogP contribution in [-0.2, 0) is 20.3 Å². The molecular weight excluding hydrogens is 340 g/mol. The van der Waals surface area contributed by atoms with Crippen LogP contribution in [-0.4, -0.2) is 34.5 Å². The van der Waals surface area contributed by atoms with Gasteiger partial charge in [0.15, 0.2) is 0 Å². The van der Waals surface area contributed by atoms with E-state index in [0.717, 1.165) is 11.8 Å². The Kier molecular flexibility index (Phi) is 8.19. The minimum absolute atomic E-state index is 0.261. The van der Waals surface area contributed by atoms with Gasteiger partial charge in [-0.2, -0.15) is 8.42 Å². The van der Waals surface area contributed by atoms with Gasteiger partial charge in [-0.25, -0.2) is 0 Å². The average molecular weight is 368 g/mol. The van der Waals surface area contributed by atoms with Crippen LogP contribution >= 0.6 is 0 Å². The fraction of sp³-hybridized carbons (Fsp3) is 0.474. The molecule has 0 saturated heterocycles. The van der Waals surface area contributed by atoms with E-state index in [1.807, 2.05) is 52.0 Å². The summed E-state index contributed by atoms with van der Waals surface area (Å²) in [7, 11) is -3.59. The molecule has 0 aliphatic carbocycles. The molecule has 140 valence electrons. The summed E-state index contributed by atoms with van der Waals surface area (Å²) in [6, 6.07) is 5.02. The van der Waals surface area contributed by atoms with Crippen LogP contribution in [0.1, 0.15) is 33.3 Å². The first kappa shape index (κ1) is 21.3. The molecule has 25 heavy (non-hydrogen) atoms. The predicted molar refractivity (Wildman–Crippen MR) is 101 cm³/mol. The molecule has 1 aromatic rings. The highest BCUT2D eigenvalue weighted by atomic mass is 32.2. The molecule has 0 heterocycles. The second-order valence-electron chi connectivity index (χ2n) is 6.29. The molecule has 0 unspecified atom stereocenters. The van der Waals surface area contributed by atoms with E-state index >= 15 is 0 Å². The standard InChI is InChI=1S/C19H28O5S/c1-6-8-12-22-15-19(3,4)17-14-16(24-25(5,20)21)10-11-18(17)23-13-9-7-2/h6-11,14H,12-13,15H2,1-5H3/b8-6+,9-7+. The molecule has 0 N–H and O–H groups in total. The molecule has 1 rings (SSSR count). The highest BCUT2D eigenvalue weighted by Crippen LogP contribution is 2.35. The predicted octanol–water partition coefficient (Wildman–Crippen LogP) is 3.85. The van der Waals surface area contributed by atoms with Gasteiger partial charge in [0, 0.05) is 11.0 Å². The van der Waals surface area contributed by atoms with Crippen molar-refractivity contribution >= 4 is 10.1 Å². The highest BCUT2D eigenvalue weighted by molar-refractivity contribution is 7.86. The Morgan fingerprint density at radius 1 is 1.08 bits per heavy atom. The number of hydrogen-bond donors (Lipinski definition) is 0. The molecule has 0 fully saturated rings. The lowest BCUT2D eigenvalue weighted by Gasteiger charge is -2.27. The zero-order valence-corrected chi connectivity index (χ0v) is 16.4. The Bertz CT molecular complexity index is 703. The number of hydrogen-bond acceptors (Lipinski definition) is 5. The first-order valence-corrected chi connectivity index (χ1v) is 9.98. The van der Waals surface area contributed by atoms with E-state index in [1.54, 1.807) is 18.2 Å². The van der Waals surface area contributed by atoms with Crippen molar-refractivity contribution in [2.75, 3.05) is 26.1 Å². The molecule has 0 amide bonds. The lowest BCUT2D eigenvalue weighted by Crippen LogP contribution is -2.25. The fourth-order valence-corrected chi connectivity index (χ4v) is 2.63. The molecule has 1 aromatic carbocycles. The summed E-state index contributed by atoms with van der Waals surface area (Å²) in [5.74, 6) is 0.941. The van der Waals surface area contributed by atoms with Crippen LogP contribution in [0.25, 0.3) is 0 Å². The topological polar surface area (TPSA) is 61.8 Å². The number of allylic oxidation sites excluding steroid dienone is 2. The second kappa shape index (κ2) is 9.63. The number of benzene rings is 1. The van der Waals surface area contributed by atoms with Crippen LogP contribution in [0, 0.1) is 0 Å². The quantitative estimate of drug-likeness (QED) is 0.357. The Balaban J connectivity index is 3.12. The Hall–Kier alpha value is -1.79. The lowest BCUT2D eigenvalue weighted by molar-refractivity contribution is 0.116. The van der Waals surface area contributed by atoms with E-state index in [9.17, 15) is 8.42 Å². The third-order valence-corrected chi connectivity index (χ3v) is 3.91. The first-order chi connectivity index (χ1) is 11.7. The summed E-state index contributed by atoms with van der Waals surface area (Å²) in [5, 5.41) is 0. The molecule has 0 spiro atoms. The molecule has 0 radical (unpaired) electrons. The average Bonchev–Trinajstić information content (AvgIpc) is 2.51. The largest absolute Gasteiger partial charge is 0.489 e. The molecule has 0 atom stereocenters. The fourth-order valence-electron chi connectivity index (χ4n) is 2.18. The molecule has 5 nitrogen and oxygen atoms in total. The molecular formula is C19H28O5S. The van der Waals surface area contributed by atoms with Crippen molar-refractivity contribution in [3.8, 4) is 11.5 Å². The van der Waals surface area contributed by atoms with Gasteiger partial charge in [-0.3, -0.25) is 0 Å². The minimum Gasteiger partial charge on any atom is -0.489 e. The molecule has 0 aromatic heterocycles. The normalized spacial score (nSPS) is 12.8. The van der Waals surface area contributed by atoms with Gasteiger partial charge in [-0.15, -0.1) is 0 Å². The minimum atomic E-state index is -3.59. The summed E-state index contributed by atoms with van der Waals surface area (Å²) in [6.45, 7) is 9.31. The third-order valence-electron chi connectivity index (χ3n) is 3.41. The van der Waals surface area contributed by atoms with Crippen molar-refractivity contribution in [3.05, 3.63) is 48.1 Å². The van der Waals surface area contributed by atoms with Gasteiger partial charge in [0.2, 0.25) is 0 Å². The van der Waals surface area contributed by atoms with Crippen molar-refractivity contribution in [2.24, 2.45) is 0 Å². The van der Waals surface area contributed by atoms with E-state index in [2.05, 4.69) is 0 Å². The molecule has 0 aliphatic heterocycles. The maximum absolute atomic E-state index is 11.4. The van der Waals surface area contributed by atoms with Crippen LogP contribution in [0.3, 0.4) is 0 Å². The second-order valence-corrected chi connectivity index (χ2v) is 7.87. The Labute approximate surface area is 151 Å². The maximum Gasteiger partial charge on any atom is 0.306 e. The Morgan fingerprint density at radius 3 is 2.32 bits per heavy atom. The first-order valence-electron chi connectivity index (χ1n) is 8.16. The number of ether oxygens (including phenoxy) is 2. The van der Waals surface area contributed by atoms with Crippen LogP contribution in [0.4, 0.5) is 0 Å². The van der Waals surface area contributed by atoms with E-state index < -0.39 is 10.1 Å². The van der Waals surface area contributed by atoms with Crippen LogP contribution in [0.15, 0.2) is 42.5 Å². The van der Waals surface area contributed by atoms with Gasteiger partial charge in [0.1, 0.15) is 18.1 Å². The molecule has 6 heteroatoms. The van der Waals surface area contributed by atoms with E-state index in [1.165, 1.54) is 0 Å². The molecule has 0 aliphatic rings. The van der Waals surface area contributed by atoms with Crippen molar-refractivity contribution in [2.45, 2.75) is 33.1 Å². The Morgan fingerprint density at radius 2 is 1.72 bits per heavy atom. The van der Waals surface area contributed by atoms with Crippen LogP contribution in [0.5, 0.6) is 11.5 Å². The van der Waals surface area contributed by atoms with E-state index in [-0.39, 0.29) is 11.2 Å². The van der Waals surface area contributed by atoms with Gasteiger partial charge in [-0.05, 0) is 32.0 Å². The number of rotatable bonds is 10. The summed E-state index contributed by atoms with van der Waals surface area (Å²) < 4.78 is 39.3. The van der Waals surface area contributed by atoms with Crippen molar-refractivity contribution < 1.29 is 22.1 Å². The van der Waals surface area contributed by atoms with Crippen molar-refractivity contribution in [1.82, 2.24) is 0 Å². The monoisotopic (exact) mass is 368 g/mol. The zero-order chi connectivity index (χ0) is 18.9. The summed E-state index contributed by atoms with van der Waals surface area (Å²) >= 11 is 0. The van der Waals surface area contributed by atoms with Crippen LogP contribution < -0.4 is 8.92 Å². The summed E-state index contributed by atoms with van der Waals surface area (Å²) in [5.41, 5.74) is 0.447. The van der Waals surface area contributed by atoms with Gasteiger partial charge in [-0.1, -0.05) is 38.2 Å². The maximum atomic E-state index is 11.4. The van der Waals surface area contributed by atoms with E-state index in [0.29, 0.717) is 25.6 Å². The van der Waals surface area contributed by atoms with Crippen molar-refractivity contribution in [3.63, 3.8) is 0 Å². The zero-order valence-electron chi connectivity index (χ0n) is 15.6. The summed E-state index contributed by atoms with van der Waals surface area (Å²) in [4.78, 5) is 0.